The Morgan fingerprint density at radius 3 is 2.10 bits per heavy atom. The van der Waals surface area contributed by atoms with E-state index < -0.39 is 29.5 Å². The average molecular weight is 676 g/mol. The van der Waals surface area contributed by atoms with E-state index in [2.05, 4.69) is 16.0 Å². The molecule has 1 aromatic carbocycles. The molecule has 0 saturated carbocycles. The van der Waals surface area contributed by atoms with Gasteiger partial charge in [-0.05, 0) is 69.1 Å². The molecule has 0 heterocycles. The smallest absolute Gasteiger partial charge is 0.409 e. The predicted molar refractivity (Wildman–Crippen MR) is 184 cm³/mol. The number of ether oxygens (including phenoxy) is 2. The molecular formula is C35H57N5O8. The summed E-state index contributed by atoms with van der Waals surface area (Å²) in [5.74, 6) is -2.08. The maximum Gasteiger partial charge on any atom is 0.409 e. The Hall–Kier alpha value is -4.16. The van der Waals surface area contributed by atoms with Crippen LogP contribution in [0.1, 0.15) is 93.1 Å². The van der Waals surface area contributed by atoms with Crippen molar-refractivity contribution < 1.29 is 38.2 Å². The van der Waals surface area contributed by atoms with Gasteiger partial charge in [0.2, 0.25) is 11.8 Å². The van der Waals surface area contributed by atoms with Gasteiger partial charge >= 0.3 is 18.1 Å². The van der Waals surface area contributed by atoms with Crippen molar-refractivity contribution in [1.29, 1.82) is 0 Å². The van der Waals surface area contributed by atoms with E-state index in [0.717, 1.165) is 0 Å². The molecule has 1 aromatic rings. The zero-order valence-electron chi connectivity index (χ0n) is 30.2. The molecule has 5 amide bonds. The predicted octanol–water partition coefficient (Wildman–Crippen LogP) is 4.77. The highest BCUT2D eigenvalue weighted by Gasteiger charge is 2.30. The lowest BCUT2D eigenvalue weighted by atomic mass is 9.88. The van der Waals surface area contributed by atoms with Gasteiger partial charge in [0, 0.05) is 38.0 Å². The fourth-order valence-corrected chi connectivity index (χ4v) is 4.38. The number of anilines is 1. The number of amides is 5. The van der Waals surface area contributed by atoms with Crippen molar-refractivity contribution in [1.82, 2.24) is 15.5 Å². The largest absolute Gasteiger partial charge is 0.463 e. The van der Waals surface area contributed by atoms with Crippen LogP contribution in [0.25, 0.3) is 0 Å². The van der Waals surface area contributed by atoms with Gasteiger partial charge in [0.05, 0.1) is 18.0 Å². The first-order valence-electron chi connectivity index (χ1n) is 16.5. The van der Waals surface area contributed by atoms with E-state index in [1.54, 1.807) is 52.1 Å². The molecular weight excluding hydrogens is 618 g/mol. The van der Waals surface area contributed by atoms with E-state index in [0.29, 0.717) is 36.9 Å². The van der Waals surface area contributed by atoms with E-state index >= 15 is 0 Å². The summed E-state index contributed by atoms with van der Waals surface area (Å²) < 4.78 is 10.5. The van der Waals surface area contributed by atoms with Crippen LogP contribution in [-0.4, -0.2) is 73.4 Å². The first-order valence-corrected chi connectivity index (χ1v) is 16.5. The molecule has 2 atom stereocenters. The lowest BCUT2D eigenvalue weighted by Gasteiger charge is -2.25. The normalized spacial score (nSPS) is 12.8. The zero-order chi connectivity index (χ0) is 36.7. The summed E-state index contributed by atoms with van der Waals surface area (Å²) in [6.45, 7) is 15.5. The molecule has 0 aliphatic heterocycles. The van der Waals surface area contributed by atoms with Crippen LogP contribution in [-0.2, 0) is 35.3 Å². The molecule has 5 N–H and O–H groups in total. The van der Waals surface area contributed by atoms with Crippen LogP contribution < -0.4 is 21.7 Å². The Labute approximate surface area is 285 Å². The first-order chi connectivity index (χ1) is 22.2. The van der Waals surface area contributed by atoms with Crippen molar-refractivity contribution in [2.75, 3.05) is 32.1 Å². The van der Waals surface area contributed by atoms with Crippen molar-refractivity contribution in [2.24, 2.45) is 28.4 Å². The number of Topliss-reactive ketones (excluding diaryl/α,β-unsaturated/α-hetero) is 1. The summed E-state index contributed by atoms with van der Waals surface area (Å²) in [7, 11) is 1.54. The van der Waals surface area contributed by atoms with Gasteiger partial charge < -0.3 is 36.1 Å². The van der Waals surface area contributed by atoms with Gasteiger partial charge in [-0.1, -0.05) is 46.8 Å². The summed E-state index contributed by atoms with van der Waals surface area (Å²) >= 11 is 0. The fourth-order valence-electron chi connectivity index (χ4n) is 4.38. The van der Waals surface area contributed by atoms with Crippen LogP contribution in [0.15, 0.2) is 24.3 Å². The van der Waals surface area contributed by atoms with Gasteiger partial charge in [0.1, 0.15) is 13.2 Å². The maximum absolute atomic E-state index is 13.4. The number of ketones is 1. The van der Waals surface area contributed by atoms with Crippen LogP contribution in [0.2, 0.25) is 0 Å². The van der Waals surface area contributed by atoms with Crippen LogP contribution in [0.4, 0.5) is 15.3 Å². The number of nitrogens with zero attached hydrogens (tertiary/aromatic N) is 1. The van der Waals surface area contributed by atoms with Crippen molar-refractivity contribution in [3.63, 3.8) is 0 Å². The number of carbonyl (C=O) groups excluding carboxylic acids is 6. The van der Waals surface area contributed by atoms with E-state index in [1.807, 2.05) is 34.6 Å². The molecule has 0 aliphatic rings. The second-order valence-corrected chi connectivity index (χ2v) is 14.7. The Kier molecular flexibility index (Phi) is 17.1. The molecule has 0 saturated heterocycles. The molecule has 0 bridgehead atoms. The zero-order valence-corrected chi connectivity index (χ0v) is 30.2. The van der Waals surface area contributed by atoms with E-state index in [1.165, 1.54) is 4.90 Å². The van der Waals surface area contributed by atoms with Crippen molar-refractivity contribution >= 4 is 41.4 Å². The quantitative estimate of drug-likeness (QED) is 0.127. The molecule has 0 aromatic heterocycles. The monoisotopic (exact) mass is 675 g/mol. The highest BCUT2D eigenvalue weighted by molar-refractivity contribution is 5.97. The van der Waals surface area contributed by atoms with Crippen LogP contribution >= 0.6 is 0 Å². The number of esters is 1. The molecule has 48 heavy (non-hydrogen) atoms. The number of carbonyl (C=O) groups is 6. The maximum atomic E-state index is 13.4. The minimum absolute atomic E-state index is 0.0127. The standard InChI is InChI=1S/C35H57N5O8/c1-23(2)29(39-28(42)16-17-34(3,4)5)27(41)21-25(11-10-18-37-32(36)45)30(43)38-26-14-12-24(13-15-26)22-48-33(46)40(9)19-20-47-31(44)35(6,7)8/h12-15,23,25,29H,10-11,16-22H2,1-9H3,(H,38,43)(H,39,42)(H3,36,37,45)/t25-,29+/m1/s1. The number of hydrogen-bond donors (Lipinski definition) is 4. The topological polar surface area (TPSA) is 186 Å². The molecule has 1 rings (SSSR count). The number of urea groups is 1. The molecule has 0 unspecified atom stereocenters. The van der Waals surface area contributed by atoms with Gasteiger partial charge in [-0.2, -0.15) is 0 Å². The lowest BCUT2D eigenvalue weighted by Crippen LogP contribution is -2.45. The third-order valence-corrected chi connectivity index (χ3v) is 7.45. The first kappa shape index (κ1) is 41.9. The number of likely N-dealkylation sites (N-methyl/N-ethyl adjacent to an activating group) is 1. The molecule has 0 spiro atoms. The minimum atomic E-state index is -0.740. The van der Waals surface area contributed by atoms with Crippen molar-refractivity contribution in [3.05, 3.63) is 29.8 Å². The summed E-state index contributed by atoms with van der Waals surface area (Å²) in [6, 6.07) is 5.31. The number of hydrogen-bond acceptors (Lipinski definition) is 8. The number of benzene rings is 1. The van der Waals surface area contributed by atoms with Crippen LogP contribution in [0.3, 0.4) is 0 Å². The molecule has 13 nitrogen and oxygen atoms in total. The fraction of sp³-hybridized carbons (Fsp3) is 0.657. The number of primary amides is 1. The Balaban J connectivity index is 2.82. The summed E-state index contributed by atoms with van der Waals surface area (Å²) in [5.41, 5.74) is 5.67. The highest BCUT2D eigenvalue weighted by Crippen LogP contribution is 2.22. The molecule has 0 aliphatic carbocycles. The van der Waals surface area contributed by atoms with E-state index in [9.17, 15) is 28.8 Å². The average Bonchev–Trinajstić information content (AvgIpc) is 2.98. The molecule has 270 valence electrons. The Morgan fingerprint density at radius 1 is 0.938 bits per heavy atom. The molecule has 13 heteroatoms. The highest BCUT2D eigenvalue weighted by atomic mass is 16.6. The van der Waals surface area contributed by atoms with Gasteiger partial charge in [-0.25, -0.2) is 9.59 Å². The minimum Gasteiger partial charge on any atom is -0.463 e. The van der Waals surface area contributed by atoms with E-state index in [4.69, 9.17) is 15.2 Å². The summed E-state index contributed by atoms with van der Waals surface area (Å²) in [5, 5.41) is 8.21. The third-order valence-electron chi connectivity index (χ3n) is 7.45. The summed E-state index contributed by atoms with van der Waals surface area (Å²) in [6.07, 6.45) is 1.01. The van der Waals surface area contributed by atoms with Crippen LogP contribution in [0, 0.1) is 22.7 Å². The number of nitrogens with two attached hydrogens (primary N) is 1. The van der Waals surface area contributed by atoms with Crippen LogP contribution in [0.5, 0.6) is 0 Å². The Bertz CT molecular complexity index is 1230. The Morgan fingerprint density at radius 2 is 1.56 bits per heavy atom. The van der Waals surface area contributed by atoms with Gasteiger partial charge in [-0.15, -0.1) is 0 Å². The SMILES string of the molecule is CC(C)[C@H](NC(=O)CCC(C)(C)C)C(=O)C[C@@H](CCCNC(N)=O)C(=O)Nc1ccc(COC(=O)N(C)CCOC(=O)C(C)(C)C)cc1. The molecule has 0 radical (unpaired) electrons. The summed E-state index contributed by atoms with van der Waals surface area (Å²) in [4.78, 5) is 76.1. The second kappa shape index (κ2) is 19.6. The van der Waals surface area contributed by atoms with E-state index in [-0.39, 0.29) is 67.6 Å². The molecule has 0 fully saturated rings. The van der Waals surface area contributed by atoms with Gasteiger partial charge in [-0.3, -0.25) is 19.2 Å². The number of rotatable bonds is 18. The second-order valence-electron chi connectivity index (χ2n) is 14.7. The van der Waals surface area contributed by atoms with Crippen molar-refractivity contribution in [2.45, 2.75) is 100 Å². The third kappa shape index (κ3) is 17.1. The number of nitrogens with one attached hydrogen (secondary N) is 3. The van der Waals surface area contributed by atoms with Gasteiger partial charge in [0.15, 0.2) is 5.78 Å². The van der Waals surface area contributed by atoms with Gasteiger partial charge in [0.25, 0.3) is 0 Å². The van der Waals surface area contributed by atoms with Crippen molar-refractivity contribution in [3.8, 4) is 0 Å². The lowest BCUT2D eigenvalue weighted by molar-refractivity contribution is -0.153.